The zero-order valence-corrected chi connectivity index (χ0v) is 45.1. The molecule has 0 bridgehead atoms. The van der Waals surface area contributed by atoms with Crippen molar-refractivity contribution in [3.63, 3.8) is 0 Å². The Morgan fingerprint density at radius 2 is 0.894 bits per heavy atom. The summed E-state index contributed by atoms with van der Waals surface area (Å²) in [7, 11) is 1.55. The summed E-state index contributed by atoms with van der Waals surface area (Å²) in [5.41, 5.74) is 0. The number of hydrogen-bond donors (Lipinski definition) is 3. The van der Waals surface area contributed by atoms with Crippen LogP contribution in [0, 0.1) is 0 Å². The fourth-order valence-electron chi connectivity index (χ4n) is 8.08. The predicted octanol–water partition coefficient (Wildman–Crippen LogP) is 16.8. The second-order valence-corrected chi connectivity index (χ2v) is 21.8. The monoisotopic (exact) mass is 950 g/mol. The van der Waals surface area contributed by atoms with Gasteiger partial charge in [0, 0.05) is 6.42 Å². The standard InChI is InChI=1S/C57H109N2O6P/c1-6-8-10-12-14-16-18-20-22-23-24-25-26-27-28-29-30-31-32-33-34-35-36-37-38-40-42-44-46-48-50-56(60)55(54-65-66(62,63)64-53-52-59(3,4)5)58-57(61)51-49-47-45-43-41-39-21-19-17-15-13-11-9-7-2/h13,15,19,21,40,42,48,50,55-56,60H,6-12,14,16-18,20,22-39,41,43-47,49,51-54H2,1-5H3,(H-,58,61,62,63)/p+1/b15-13-,21-19-,42-40+,50-48+. The molecule has 3 unspecified atom stereocenters. The van der Waals surface area contributed by atoms with Gasteiger partial charge in [-0.05, 0) is 57.8 Å². The number of hydrogen-bond acceptors (Lipinski definition) is 5. The zero-order chi connectivity index (χ0) is 48.5. The molecule has 0 heterocycles. The number of rotatable bonds is 51. The number of phosphoric acid groups is 1. The number of phosphoric ester groups is 1. The van der Waals surface area contributed by atoms with Crippen molar-refractivity contribution in [2.45, 2.75) is 270 Å². The van der Waals surface area contributed by atoms with Crippen molar-refractivity contribution >= 4 is 13.7 Å². The average Bonchev–Trinajstić information content (AvgIpc) is 3.28. The molecule has 66 heavy (non-hydrogen) atoms. The van der Waals surface area contributed by atoms with E-state index in [1.807, 2.05) is 27.2 Å². The summed E-state index contributed by atoms with van der Waals surface area (Å²) in [4.78, 5) is 23.2. The van der Waals surface area contributed by atoms with Crippen LogP contribution in [0.1, 0.15) is 258 Å². The molecule has 0 saturated heterocycles. The molecule has 0 aromatic heterocycles. The van der Waals surface area contributed by atoms with Crippen LogP contribution in [0.15, 0.2) is 48.6 Å². The molecule has 0 spiro atoms. The summed E-state index contributed by atoms with van der Waals surface area (Å²) in [6.07, 6.45) is 63.7. The van der Waals surface area contributed by atoms with Crippen molar-refractivity contribution in [2.24, 2.45) is 0 Å². The first kappa shape index (κ1) is 64.5. The van der Waals surface area contributed by atoms with Crippen LogP contribution in [0.2, 0.25) is 0 Å². The molecule has 1 amide bonds. The van der Waals surface area contributed by atoms with Crippen LogP contribution in [0.5, 0.6) is 0 Å². The van der Waals surface area contributed by atoms with Crippen molar-refractivity contribution in [1.29, 1.82) is 0 Å². The van der Waals surface area contributed by atoms with Crippen LogP contribution < -0.4 is 5.32 Å². The Hall–Kier alpha value is -1.54. The topological polar surface area (TPSA) is 105 Å². The third kappa shape index (κ3) is 50.3. The normalized spacial score (nSPS) is 14.3. The quantitative estimate of drug-likeness (QED) is 0.0243. The van der Waals surface area contributed by atoms with E-state index in [0.29, 0.717) is 17.4 Å². The summed E-state index contributed by atoms with van der Waals surface area (Å²) >= 11 is 0. The average molecular weight is 950 g/mol. The summed E-state index contributed by atoms with van der Waals surface area (Å²) in [5, 5.41) is 13.9. The van der Waals surface area contributed by atoms with E-state index in [4.69, 9.17) is 9.05 Å². The SMILES string of the molecule is CCCC/C=C\C/C=C\CCCCCCCC(=O)NC(COP(=O)(O)OCC[N+](C)(C)C)C(O)/C=C/CC/C=C/CCCCCCCCCCCCCCCCCCCCCCCCCC. The van der Waals surface area contributed by atoms with Crippen LogP contribution in [0.4, 0.5) is 0 Å². The van der Waals surface area contributed by atoms with Crippen molar-refractivity contribution in [2.75, 3.05) is 40.9 Å². The highest BCUT2D eigenvalue weighted by molar-refractivity contribution is 7.47. The molecule has 388 valence electrons. The Morgan fingerprint density at radius 3 is 1.35 bits per heavy atom. The molecule has 3 atom stereocenters. The highest BCUT2D eigenvalue weighted by atomic mass is 31.2. The Morgan fingerprint density at radius 1 is 0.515 bits per heavy atom. The second kappa shape index (κ2) is 48.5. The minimum atomic E-state index is -4.36. The van der Waals surface area contributed by atoms with E-state index < -0.39 is 20.0 Å². The zero-order valence-electron chi connectivity index (χ0n) is 44.2. The molecule has 0 radical (unpaired) electrons. The fraction of sp³-hybridized carbons (Fsp3) is 0.842. The van der Waals surface area contributed by atoms with E-state index in [-0.39, 0.29) is 19.1 Å². The van der Waals surface area contributed by atoms with Crippen molar-refractivity contribution in [3.8, 4) is 0 Å². The summed E-state index contributed by atoms with van der Waals surface area (Å²) in [6.45, 7) is 4.76. The lowest BCUT2D eigenvalue weighted by Crippen LogP contribution is -2.45. The largest absolute Gasteiger partial charge is 0.472 e. The second-order valence-electron chi connectivity index (χ2n) is 20.3. The molecule has 9 heteroatoms. The molecule has 0 fully saturated rings. The van der Waals surface area contributed by atoms with E-state index >= 15 is 0 Å². The molecule has 0 rings (SSSR count). The van der Waals surface area contributed by atoms with Gasteiger partial charge in [-0.15, -0.1) is 0 Å². The summed E-state index contributed by atoms with van der Waals surface area (Å²) in [5.74, 6) is -0.201. The Labute approximate surface area is 409 Å². The van der Waals surface area contributed by atoms with Gasteiger partial charge in [0.25, 0.3) is 0 Å². The summed E-state index contributed by atoms with van der Waals surface area (Å²) in [6, 6.07) is -0.872. The third-order valence-electron chi connectivity index (χ3n) is 12.5. The number of aliphatic hydroxyl groups is 1. The van der Waals surface area contributed by atoms with E-state index in [1.165, 1.54) is 173 Å². The molecule has 3 N–H and O–H groups in total. The van der Waals surface area contributed by atoms with Gasteiger partial charge in [0.1, 0.15) is 13.2 Å². The number of quaternary nitrogens is 1. The van der Waals surface area contributed by atoms with Crippen molar-refractivity contribution in [1.82, 2.24) is 5.32 Å². The first-order valence-corrected chi connectivity index (χ1v) is 29.5. The lowest BCUT2D eigenvalue weighted by atomic mass is 10.0. The van der Waals surface area contributed by atoms with Gasteiger partial charge in [-0.2, -0.15) is 0 Å². The molecule has 0 saturated carbocycles. The number of carbonyl (C=O) groups excluding carboxylic acids is 1. The van der Waals surface area contributed by atoms with Gasteiger partial charge in [0.15, 0.2) is 0 Å². The number of allylic oxidation sites excluding steroid dienone is 7. The molecule has 0 aliphatic rings. The van der Waals surface area contributed by atoms with Crippen molar-refractivity contribution < 1.29 is 32.9 Å². The third-order valence-corrected chi connectivity index (χ3v) is 13.5. The highest BCUT2D eigenvalue weighted by Gasteiger charge is 2.27. The van der Waals surface area contributed by atoms with Gasteiger partial charge in [0.05, 0.1) is 39.9 Å². The van der Waals surface area contributed by atoms with Gasteiger partial charge < -0.3 is 19.8 Å². The van der Waals surface area contributed by atoms with Gasteiger partial charge in [0.2, 0.25) is 5.91 Å². The van der Waals surface area contributed by atoms with Crippen LogP contribution in [-0.4, -0.2) is 73.4 Å². The van der Waals surface area contributed by atoms with Gasteiger partial charge in [-0.1, -0.05) is 242 Å². The van der Waals surface area contributed by atoms with Crippen LogP contribution >= 0.6 is 7.82 Å². The Bertz CT molecular complexity index is 1210. The molecular formula is C57H110N2O6P+. The van der Waals surface area contributed by atoms with Gasteiger partial charge in [-0.25, -0.2) is 4.57 Å². The fourth-order valence-corrected chi connectivity index (χ4v) is 8.81. The maximum absolute atomic E-state index is 12.9. The Balaban J connectivity index is 4.17. The molecule has 0 aliphatic heterocycles. The highest BCUT2D eigenvalue weighted by Crippen LogP contribution is 2.43. The van der Waals surface area contributed by atoms with Gasteiger partial charge >= 0.3 is 7.82 Å². The first-order chi connectivity index (χ1) is 32.0. The maximum Gasteiger partial charge on any atom is 0.472 e. The number of nitrogens with one attached hydrogen (secondary N) is 1. The van der Waals surface area contributed by atoms with Crippen LogP contribution in [0.25, 0.3) is 0 Å². The smallest absolute Gasteiger partial charge is 0.387 e. The van der Waals surface area contributed by atoms with Crippen LogP contribution in [-0.2, 0) is 18.4 Å². The van der Waals surface area contributed by atoms with Gasteiger partial charge in [-0.3, -0.25) is 13.8 Å². The molecule has 8 nitrogen and oxygen atoms in total. The lowest BCUT2D eigenvalue weighted by Gasteiger charge is -2.25. The summed E-state index contributed by atoms with van der Waals surface area (Å²) < 4.78 is 23.6. The number of nitrogens with zero attached hydrogens (tertiary/aromatic N) is 1. The van der Waals surface area contributed by atoms with E-state index in [2.05, 4.69) is 55.6 Å². The Kier molecular flexibility index (Phi) is 47.4. The molecule has 0 aromatic rings. The molecular weight excluding hydrogens is 840 g/mol. The number of likely N-dealkylation sites (N-methyl/N-ethyl adjacent to an activating group) is 1. The molecule has 0 aromatic carbocycles. The number of unbranched alkanes of at least 4 members (excludes halogenated alkanes) is 32. The van der Waals surface area contributed by atoms with E-state index in [9.17, 15) is 19.4 Å². The minimum Gasteiger partial charge on any atom is -0.387 e. The first-order valence-electron chi connectivity index (χ1n) is 28.0. The van der Waals surface area contributed by atoms with E-state index in [0.717, 1.165) is 64.2 Å². The predicted molar refractivity (Wildman–Crippen MR) is 286 cm³/mol. The number of amides is 1. The van der Waals surface area contributed by atoms with Crippen molar-refractivity contribution in [3.05, 3.63) is 48.6 Å². The van der Waals surface area contributed by atoms with Crippen LogP contribution in [0.3, 0.4) is 0 Å². The number of carbonyl (C=O) groups is 1. The maximum atomic E-state index is 12.9. The number of aliphatic hydroxyl groups excluding tert-OH is 1. The minimum absolute atomic E-state index is 0.0523. The van der Waals surface area contributed by atoms with E-state index in [1.54, 1.807) is 6.08 Å². The molecule has 0 aliphatic carbocycles. The lowest BCUT2D eigenvalue weighted by molar-refractivity contribution is -0.870.